The topological polar surface area (TPSA) is 77.5 Å². The molecule has 0 spiro atoms. The fourth-order valence-corrected chi connectivity index (χ4v) is 1.41. The molecule has 104 valence electrons. The van der Waals surface area contributed by atoms with Crippen molar-refractivity contribution >= 4 is 11.9 Å². The molecule has 6 heteroatoms. The second kappa shape index (κ2) is 8.20. The number of methoxy groups -OCH3 is 1. The highest BCUT2D eigenvalue weighted by Crippen LogP contribution is 2.01. The normalized spacial score (nSPS) is 10.0. The molecule has 6 nitrogen and oxygen atoms in total. The summed E-state index contributed by atoms with van der Waals surface area (Å²) in [6, 6.07) is 3.39. The van der Waals surface area contributed by atoms with Gasteiger partial charge in [0.1, 0.15) is 0 Å². The molecule has 0 amide bonds. The second-order valence-electron chi connectivity index (χ2n) is 3.76. The molecule has 1 heterocycles. The van der Waals surface area contributed by atoms with Crippen molar-refractivity contribution in [2.24, 2.45) is 0 Å². The summed E-state index contributed by atoms with van der Waals surface area (Å²) < 4.78 is 9.38. The first-order chi connectivity index (χ1) is 9.17. The van der Waals surface area contributed by atoms with Gasteiger partial charge in [-0.3, -0.25) is 9.78 Å². The largest absolute Gasteiger partial charge is 0.466 e. The monoisotopic (exact) mass is 266 g/mol. The van der Waals surface area contributed by atoms with Gasteiger partial charge in [0, 0.05) is 19.3 Å². The number of pyridine rings is 1. The Morgan fingerprint density at radius 1 is 1.37 bits per heavy atom. The third-order valence-corrected chi connectivity index (χ3v) is 2.36. The quantitative estimate of drug-likeness (QED) is 0.584. The van der Waals surface area contributed by atoms with E-state index in [-0.39, 0.29) is 5.97 Å². The van der Waals surface area contributed by atoms with Crippen molar-refractivity contribution in [3.05, 3.63) is 29.6 Å². The van der Waals surface area contributed by atoms with Crippen LogP contribution in [0.2, 0.25) is 0 Å². The number of carbonyl (C=O) groups excluding carboxylic acids is 2. The molecule has 0 aromatic carbocycles. The number of nitrogens with one attached hydrogen (secondary N) is 1. The van der Waals surface area contributed by atoms with Gasteiger partial charge in [0.15, 0.2) is 0 Å². The summed E-state index contributed by atoms with van der Waals surface area (Å²) in [7, 11) is 1.33. The molecular weight excluding hydrogens is 248 g/mol. The Balaban J connectivity index is 2.30. The Kier molecular flexibility index (Phi) is 6.52. The number of hydrogen-bond donors (Lipinski definition) is 1. The zero-order valence-corrected chi connectivity index (χ0v) is 11.1. The van der Waals surface area contributed by atoms with Gasteiger partial charge in [-0.1, -0.05) is 0 Å². The lowest BCUT2D eigenvalue weighted by Crippen LogP contribution is -2.19. The van der Waals surface area contributed by atoms with Crippen LogP contribution in [-0.2, 0) is 20.8 Å². The zero-order valence-electron chi connectivity index (χ0n) is 11.1. The average Bonchev–Trinajstić information content (AvgIpc) is 2.44. The Bertz CT molecular complexity index is 417. The number of nitrogens with zero attached hydrogens (tertiary/aromatic N) is 1. The van der Waals surface area contributed by atoms with Gasteiger partial charge < -0.3 is 14.8 Å². The zero-order chi connectivity index (χ0) is 14.1. The van der Waals surface area contributed by atoms with Crippen LogP contribution in [0.4, 0.5) is 0 Å². The van der Waals surface area contributed by atoms with Gasteiger partial charge in [-0.15, -0.1) is 0 Å². The van der Waals surface area contributed by atoms with Crippen molar-refractivity contribution in [3.8, 4) is 0 Å². The fraction of sp³-hybridized carbons (Fsp3) is 0.462. The maximum absolute atomic E-state index is 11.2. The first-order valence-electron chi connectivity index (χ1n) is 6.07. The summed E-state index contributed by atoms with van der Waals surface area (Å²) in [6.07, 6.45) is 1.79. The summed E-state index contributed by atoms with van der Waals surface area (Å²) in [5.74, 6) is -0.627. The molecule has 1 rings (SSSR count). The minimum Gasteiger partial charge on any atom is -0.466 e. The molecule has 0 fully saturated rings. The van der Waals surface area contributed by atoms with E-state index >= 15 is 0 Å². The van der Waals surface area contributed by atoms with Crippen molar-refractivity contribution in [1.82, 2.24) is 10.3 Å². The third-order valence-electron chi connectivity index (χ3n) is 2.36. The highest BCUT2D eigenvalue weighted by atomic mass is 16.5. The van der Waals surface area contributed by atoms with Gasteiger partial charge in [-0.2, -0.15) is 0 Å². The third kappa shape index (κ3) is 5.48. The summed E-state index contributed by atoms with van der Waals surface area (Å²) in [5.41, 5.74) is 1.20. The minimum atomic E-state index is -0.408. The van der Waals surface area contributed by atoms with E-state index in [2.05, 4.69) is 15.0 Å². The molecule has 1 N–H and O–H groups in total. The smallest absolute Gasteiger partial charge is 0.339 e. The number of ether oxygens (including phenoxy) is 2. The molecule has 0 unspecified atom stereocenters. The van der Waals surface area contributed by atoms with Crippen molar-refractivity contribution in [3.63, 3.8) is 0 Å². The summed E-state index contributed by atoms with van der Waals surface area (Å²) in [4.78, 5) is 26.4. The molecule has 0 saturated carbocycles. The Labute approximate surface area is 112 Å². The van der Waals surface area contributed by atoms with Crippen LogP contribution in [-0.4, -0.2) is 37.2 Å². The van der Waals surface area contributed by atoms with Gasteiger partial charge in [0.25, 0.3) is 0 Å². The molecule has 0 radical (unpaired) electrons. The molecule has 0 saturated heterocycles. The lowest BCUT2D eigenvalue weighted by molar-refractivity contribution is -0.142. The Hall–Kier alpha value is -1.95. The molecule has 0 aliphatic rings. The van der Waals surface area contributed by atoms with E-state index in [1.165, 1.54) is 13.3 Å². The van der Waals surface area contributed by atoms with Crippen molar-refractivity contribution in [1.29, 1.82) is 0 Å². The van der Waals surface area contributed by atoms with E-state index in [9.17, 15) is 9.59 Å². The maximum Gasteiger partial charge on any atom is 0.339 e. The number of aromatic nitrogens is 1. The Morgan fingerprint density at radius 3 is 2.74 bits per heavy atom. The summed E-state index contributed by atoms with van der Waals surface area (Å²) in [6.45, 7) is 3.23. The summed E-state index contributed by atoms with van der Waals surface area (Å²) >= 11 is 0. The van der Waals surface area contributed by atoms with Crippen LogP contribution < -0.4 is 5.32 Å². The van der Waals surface area contributed by atoms with Gasteiger partial charge in [-0.25, -0.2) is 4.79 Å². The number of carbonyl (C=O) groups is 2. The maximum atomic E-state index is 11.2. The van der Waals surface area contributed by atoms with Crippen molar-refractivity contribution in [2.75, 3.05) is 20.3 Å². The van der Waals surface area contributed by atoms with Crippen LogP contribution in [0.1, 0.15) is 29.4 Å². The standard InChI is InChI=1S/C13H18N2O4/c1-3-19-12(16)6-7-14-9-11-5-4-10(8-15-11)13(17)18-2/h4-5,8,14H,3,6-7,9H2,1-2H3. The average molecular weight is 266 g/mol. The summed E-state index contributed by atoms with van der Waals surface area (Å²) in [5, 5.41) is 3.07. The van der Waals surface area contributed by atoms with Crippen LogP contribution in [0, 0.1) is 0 Å². The molecule has 0 aliphatic heterocycles. The minimum absolute atomic E-state index is 0.219. The SMILES string of the molecule is CCOC(=O)CCNCc1ccc(C(=O)OC)cn1. The first kappa shape index (κ1) is 15.1. The van der Waals surface area contributed by atoms with E-state index in [4.69, 9.17) is 4.74 Å². The second-order valence-corrected chi connectivity index (χ2v) is 3.76. The van der Waals surface area contributed by atoms with Gasteiger partial charge in [0.05, 0.1) is 31.4 Å². The van der Waals surface area contributed by atoms with Crippen molar-refractivity contribution < 1.29 is 19.1 Å². The van der Waals surface area contributed by atoms with E-state index in [1.54, 1.807) is 19.1 Å². The first-order valence-corrected chi connectivity index (χ1v) is 6.07. The van der Waals surface area contributed by atoms with Gasteiger partial charge >= 0.3 is 11.9 Å². The van der Waals surface area contributed by atoms with E-state index < -0.39 is 5.97 Å². The molecule has 1 aromatic rings. The number of hydrogen-bond acceptors (Lipinski definition) is 6. The highest BCUT2D eigenvalue weighted by Gasteiger charge is 2.05. The van der Waals surface area contributed by atoms with Crippen LogP contribution in [0.15, 0.2) is 18.3 Å². The fourth-order valence-electron chi connectivity index (χ4n) is 1.41. The Morgan fingerprint density at radius 2 is 2.16 bits per heavy atom. The number of esters is 2. The highest BCUT2D eigenvalue weighted by molar-refractivity contribution is 5.88. The number of rotatable bonds is 7. The van der Waals surface area contributed by atoms with Crippen LogP contribution in [0.5, 0.6) is 0 Å². The molecule has 0 atom stereocenters. The molecular formula is C13H18N2O4. The molecule has 19 heavy (non-hydrogen) atoms. The van der Waals surface area contributed by atoms with Crippen LogP contribution in [0.3, 0.4) is 0 Å². The lowest BCUT2D eigenvalue weighted by Gasteiger charge is -2.05. The van der Waals surface area contributed by atoms with Crippen molar-refractivity contribution in [2.45, 2.75) is 19.9 Å². The predicted molar refractivity (Wildman–Crippen MR) is 68.5 cm³/mol. The van der Waals surface area contributed by atoms with Crippen LogP contribution in [0.25, 0.3) is 0 Å². The van der Waals surface area contributed by atoms with Gasteiger partial charge in [0.2, 0.25) is 0 Å². The van der Waals surface area contributed by atoms with E-state index in [0.717, 1.165) is 5.69 Å². The van der Waals surface area contributed by atoms with E-state index in [1.807, 2.05) is 0 Å². The van der Waals surface area contributed by atoms with Crippen LogP contribution >= 0.6 is 0 Å². The van der Waals surface area contributed by atoms with E-state index in [0.29, 0.717) is 31.7 Å². The predicted octanol–water partition coefficient (Wildman–Crippen LogP) is 0.911. The molecule has 0 bridgehead atoms. The molecule has 0 aliphatic carbocycles. The van der Waals surface area contributed by atoms with Gasteiger partial charge in [-0.05, 0) is 19.1 Å². The molecule has 1 aromatic heterocycles. The lowest BCUT2D eigenvalue weighted by atomic mass is 10.2.